The molecular weight excluding hydrogens is 375 g/mol. The number of carbonyl (C=O) groups excluding carboxylic acids is 2. The maximum Gasteiger partial charge on any atom is 0.230 e. The molecule has 5 rings (SSSR count). The van der Waals surface area contributed by atoms with Crippen LogP contribution >= 0.6 is 0 Å². The van der Waals surface area contributed by atoms with E-state index in [0.717, 1.165) is 5.75 Å². The van der Waals surface area contributed by atoms with Gasteiger partial charge in [0.15, 0.2) is 0 Å². The van der Waals surface area contributed by atoms with Crippen LogP contribution in [0.5, 0.6) is 5.75 Å². The number of alkyl halides is 1. The maximum absolute atomic E-state index is 13.5. The van der Waals surface area contributed by atoms with Crippen molar-refractivity contribution < 1.29 is 23.5 Å². The number of nitrogens with zero attached hydrogens (tertiary/aromatic N) is 2. The van der Waals surface area contributed by atoms with E-state index < -0.39 is 23.6 Å². The minimum absolute atomic E-state index is 0.0489. The lowest BCUT2D eigenvalue weighted by Gasteiger charge is -2.33. The molecule has 1 aromatic carbocycles. The Hall–Kier alpha value is -2.41. The van der Waals surface area contributed by atoms with Crippen LogP contribution in [0, 0.1) is 11.8 Å². The fourth-order valence-electron chi connectivity index (χ4n) is 5.12. The zero-order valence-corrected chi connectivity index (χ0v) is 16.2. The van der Waals surface area contributed by atoms with Gasteiger partial charge >= 0.3 is 0 Å². The molecule has 4 aliphatic rings. The van der Waals surface area contributed by atoms with Gasteiger partial charge < -0.3 is 19.3 Å². The van der Waals surface area contributed by atoms with Gasteiger partial charge in [-0.05, 0) is 25.0 Å². The fourth-order valence-corrected chi connectivity index (χ4v) is 5.12. The second kappa shape index (κ2) is 7.13. The van der Waals surface area contributed by atoms with Crippen molar-refractivity contribution in [1.29, 1.82) is 0 Å². The van der Waals surface area contributed by atoms with Crippen LogP contribution < -0.4 is 4.74 Å². The molecule has 0 aliphatic carbocycles. The molecule has 4 atom stereocenters. The van der Waals surface area contributed by atoms with Crippen LogP contribution in [0.3, 0.4) is 0 Å². The fraction of sp³-hybridized carbons (Fsp3) is 0.545. The molecule has 3 fully saturated rings. The highest BCUT2D eigenvalue weighted by Gasteiger charge is 2.67. The van der Waals surface area contributed by atoms with Crippen molar-refractivity contribution in [1.82, 2.24) is 9.80 Å². The second-order valence-electron chi connectivity index (χ2n) is 8.32. The van der Waals surface area contributed by atoms with Crippen LogP contribution in [0.25, 0.3) is 0 Å². The van der Waals surface area contributed by atoms with Gasteiger partial charge in [0.1, 0.15) is 24.1 Å². The number of halogens is 1. The molecule has 154 valence electrons. The predicted octanol–water partition coefficient (Wildman–Crippen LogP) is 1.81. The molecule has 3 saturated heterocycles. The first-order valence-electron chi connectivity index (χ1n) is 10.3. The number of hydrogen-bond acceptors (Lipinski definition) is 4. The van der Waals surface area contributed by atoms with Gasteiger partial charge in [0, 0.05) is 13.1 Å². The number of para-hydroxylation sites is 1. The molecule has 29 heavy (non-hydrogen) atoms. The zero-order valence-electron chi connectivity index (χ0n) is 16.2. The third kappa shape index (κ3) is 3.12. The third-order valence-corrected chi connectivity index (χ3v) is 6.57. The summed E-state index contributed by atoms with van der Waals surface area (Å²) in [4.78, 5) is 29.8. The van der Waals surface area contributed by atoms with Crippen LogP contribution in [0.4, 0.5) is 4.39 Å². The zero-order chi connectivity index (χ0) is 20.0. The lowest BCUT2D eigenvalue weighted by Crippen LogP contribution is -2.48. The van der Waals surface area contributed by atoms with Crippen LogP contribution in [0.15, 0.2) is 42.5 Å². The van der Waals surface area contributed by atoms with Gasteiger partial charge in [-0.1, -0.05) is 30.4 Å². The van der Waals surface area contributed by atoms with Crippen molar-refractivity contribution in [2.75, 3.05) is 32.8 Å². The van der Waals surface area contributed by atoms with Gasteiger partial charge in [-0.25, -0.2) is 4.39 Å². The van der Waals surface area contributed by atoms with Crippen molar-refractivity contribution >= 4 is 11.8 Å². The van der Waals surface area contributed by atoms with E-state index in [1.54, 1.807) is 9.80 Å². The average molecular weight is 400 g/mol. The Bertz CT molecular complexity index is 823. The van der Waals surface area contributed by atoms with Gasteiger partial charge in [0.25, 0.3) is 0 Å². The molecule has 0 saturated carbocycles. The largest absolute Gasteiger partial charge is 0.492 e. The quantitative estimate of drug-likeness (QED) is 0.708. The highest BCUT2D eigenvalue weighted by Crippen LogP contribution is 2.52. The Morgan fingerprint density at radius 2 is 2.00 bits per heavy atom. The molecule has 0 unspecified atom stereocenters. The Morgan fingerprint density at radius 1 is 1.24 bits per heavy atom. The summed E-state index contributed by atoms with van der Waals surface area (Å²) in [5.74, 6) is -0.367. The van der Waals surface area contributed by atoms with E-state index in [1.807, 2.05) is 42.5 Å². The Balaban J connectivity index is 1.27. The van der Waals surface area contributed by atoms with Gasteiger partial charge in [0.2, 0.25) is 11.8 Å². The molecule has 6 nitrogen and oxygen atoms in total. The summed E-state index contributed by atoms with van der Waals surface area (Å²) in [5.41, 5.74) is -0.715. The first kappa shape index (κ1) is 18.6. The molecule has 1 spiro atoms. The molecule has 1 aromatic rings. The number of carbonyl (C=O) groups is 2. The number of hydrogen-bond donors (Lipinski definition) is 0. The van der Waals surface area contributed by atoms with Crippen molar-refractivity contribution in [2.45, 2.75) is 30.7 Å². The van der Waals surface area contributed by atoms with E-state index in [1.165, 1.54) is 0 Å². The maximum atomic E-state index is 13.5. The summed E-state index contributed by atoms with van der Waals surface area (Å²) in [5, 5.41) is 0. The van der Waals surface area contributed by atoms with Crippen molar-refractivity contribution in [2.24, 2.45) is 11.8 Å². The van der Waals surface area contributed by atoms with E-state index in [9.17, 15) is 14.0 Å². The molecule has 0 radical (unpaired) electrons. The number of fused-ring (bicyclic) bond motifs is 1. The number of rotatable bonds is 5. The van der Waals surface area contributed by atoms with E-state index in [0.29, 0.717) is 45.6 Å². The number of amides is 2. The molecule has 0 aromatic heterocycles. The number of benzene rings is 1. The smallest absolute Gasteiger partial charge is 0.230 e. The van der Waals surface area contributed by atoms with Gasteiger partial charge in [-0.2, -0.15) is 0 Å². The normalized spacial score (nSPS) is 33.4. The van der Waals surface area contributed by atoms with E-state index in [4.69, 9.17) is 9.47 Å². The first-order valence-corrected chi connectivity index (χ1v) is 10.3. The molecule has 7 heteroatoms. The minimum Gasteiger partial charge on any atom is -0.492 e. The second-order valence-corrected chi connectivity index (χ2v) is 8.32. The number of likely N-dealkylation sites (tertiary alicyclic amines) is 2. The van der Waals surface area contributed by atoms with Crippen LogP contribution in [-0.4, -0.2) is 72.3 Å². The third-order valence-electron chi connectivity index (χ3n) is 6.57. The van der Waals surface area contributed by atoms with Crippen LogP contribution in [-0.2, 0) is 14.3 Å². The standard InChI is InChI=1S/C22H25FN2O4/c23-15-7-10-24(11-8-15)20(26)18-17-6-9-22(29-17)14-25(21(27)19(18)22)12-13-28-16-4-2-1-3-5-16/h1-6,9,15,17-19H,7-8,10-14H2/t17-,18-,19+,22-/m0/s1. The van der Waals surface area contributed by atoms with Gasteiger partial charge in [0.05, 0.1) is 31.0 Å². The summed E-state index contributed by atoms with van der Waals surface area (Å²) >= 11 is 0. The SMILES string of the molecule is O=C([C@H]1[C@@H]2C=C[C@@]3(CN(CCOc4ccccc4)C(=O)[C@@H]13)O2)N1CCC(F)CC1. The Kier molecular flexibility index (Phi) is 4.57. The lowest BCUT2D eigenvalue weighted by atomic mass is 9.76. The van der Waals surface area contributed by atoms with Gasteiger partial charge in [-0.3, -0.25) is 9.59 Å². The van der Waals surface area contributed by atoms with E-state index in [2.05, 4.69) is 0 Å². The molecule has 4 aliphatic heterocycles. The lowest BCUT2D eigenvalue weighted by molar-refractivity contribution is -0.144. The van der Waals surface area contributed by atoms with E-state index >= 15 is 0 Å². The number of piperidine rings is 1. The molecule has 0 N–H and O–H groups in total. The summed E-state index contributed by atoms with van der Waals surface area (Å²) in [6.45, 7) is 2.10. The molecule has 4 heterocycles. The van der Waals surface area contributed by atoms with Gasteiger partial charge in [-0.15, -0.1) is 0 Å². The molecular formula is C22H25FN2O4. The summed E-state index contributed by atoms with van der Waals surface area (Å²) in [7, 11) is 0. The molecule has 2 amide bonds. The summed E-state index contributed by atoms with van der Waals surface area (Å²) in [6, 6.07) is 9.48. The van der Waals surface area contributed by atoms with Crippen LogP contribution in [0.1, 0.15) is 12.8 Å². The topological polar surface area (TPSA) is 59.1 Å². The minimum atomic E-state index is -0.838. The van der Waals surface area contributed by atoms with Crippen LogP contribution in [0.2, 0.25) is 0 Å². The predicted molar refractivity (Wildman–Crippen MR) is 103 cm³/mol. The summed E-state index contributed by atoms with van der Waals surface area (Å²) < 4.78 is 25.4. The number of ether oxygens (including phenoxy) is 2. The highest BCUT2D eigenvalue weighted by atomic mass is 19.1. The summed E-state index contributed by atoms with van der Waals surface area (Å²) in [6.07, 6.45) is 3.41. The Morgan fingerprint density at radius 3 is 2.76 bits per heavy atom. The highest BCUT2D eigenvalue weighted by molar-refractivity contribution is 5.93. The van der Waals surface area contributed by atoms with Crippen molar-refractivity contribution in [3.05, 3.63) is 42.5 Å². The first-order chi connectivity index (χ1) is 14.1. The van der Waals surface area contributed by atoms with Crippen molar-refractivity contribution in [3.8, 4) is 5.75 Å². The average Bonchev–Trinajstić information content (AvgIpc) is 3.37. The molecule has 2 bridgehead atoms. The Labute approximate surface area is 169 Å². The van der Waals surface area contributed by atoms with E-state index in [-0.39, 0.29) is 17.9 Å². The monoisotopic (exact) mass is 400 g/mol. The van der Waals surface area contributed by atoms with Crippen molar-refractivity contribution in [3.63, 3.8) is 0 Å².